The summed E-state index contributed by atoms with van der Waals surface area (Å²) in [6, 6.07) is 23.8. The second-order valence-corrected chi connectivity index (χ2v) is 9.91. The van der Waals surface area contributed by atoms with E-state index in [1.54, 1.807) is 18.2 Å². The Morgan fingerprint density at radius 2 is 1.61 bits per heavy atom. The van der Waals surface area contributed by atoms with Crippen LogP contribution in [-0.4, -0.2) is 20.9 Å². The summed E-state index contributed by atoms with van der Waals surface area (Å²) in [4.78, 5) is 13.4. The number of anilines is 2. The highest BCUT2D eigenvalue weighted by Crippen LogP contribution is 2.43. The quantitative estimate of drug-likeness (QED) is 0.493. The van der Waals surface area contributed by atoms with Gasteiger partial charge in [-0.2, -0.15) is 0 Å². The maximum atomic E-state index is 13.9. The summed E-state index contributed by atoms with van der Waals surface area (Å²) in [5.74, 6) is -0.504. The van der Waals surface area contributed by atoms with E-state index < -0.39 is 15.9 Å². The van der Waals surface area contributed by atoms with Crippen molar-refractivity contribution in [3.63, 3.8) is 0 Å². The third kappa shape index (κ3) is 4.10. The van der Waals surface area contributed by atoms with Crippen LogP contribution in [0.4, 0.5) is 11.4 Å². The normalized spacial score (nSPS) is 14.7. The molecule has 0 fully saturated rings. The second kappa shape index (κ2) is 9.08. The third-order valence-corrected chi connectivity index (χ3v) is 7.44. The fourth-order valence-corrected chi connectivity index (χ4v) is 5.83. The molecule has 1 aliphatic rings. The number of sulfonamides is 1. The van der Waals surface area contributed by atoms with Crippen LogP contribution in [-0.2, 0) is 14.8 Å². The van der Waals surface area contributed by atoms with Gasteiger partial charge in [-0.1, -0.05) is 86.7 Å². The van der Waals surface area contributed by atoms with Gasteiger partial charge in [-0.05, 0) is 29.2 Å². The van der Waals surface area contributed by atoms with E-state index in [4.69, 9.17) is 0 Å². The molecule has 5 nitrogen and oxygen atoms in total. The largest absolute Gasteiger partial charge is 0.321 e. The number of benzene rings is 3. The molecule has 0 saturated carbocycles. The number of nitrogens with zero attached hydrogens (tertiary/aromatic N) is 1. The first-order valence-electron chi connectivity index (χ1n) is 10.8. The summed E-state index contributed by atoms with van der Waals surface area (Å²) in [7, 11) is -4.16. The minimum absolute atomic E-state index is 0.0563. The predicted octanol–water partition coefficient (Wildman–Crippen LogP) is 5.54. The number of nitrogens with one attached hydrogen (secondary N) is 1. The molecule has 0 unspecified atom stereocenters. The van der Waals surface area contributed by atoms with Gasteiger partial charge in [0.25, 0.3) is 15.9 Å². The Morgan fingerprint density at radius 1 is 0.970 bits per heavy atom. The fraction of sp³-hybridized carbons (Fsp3) is 0.148. The molecule has 3 aromatic carbocycles. The van der Waals surface area contributed by atoms with E-state index in [0.717, 1.165) is 5.56 Å². The van der Waals surface area contributed by atoms with E-state index >= 15 is 0 Å². The summed E-state index contributed by atoms with van der Waals surface area (Å²) >= 11 is 0. The van der Waals surface area contributed by atoms with Crippen LogP contribution in [0.15, 0.2) is 96.4 Å². The van der Waals surface area contributed by atoms with Gasteiger partial charge in [0.15, 0.2) is 4.91 Å². The lowest BCUT2D eigenvalue weighted by molar-refractivity contribution is -0.112. The summed E-state index contributed by atoms with van der Waals surface area (Å²) in [5.41, 5.74) is 3.80. The number of carbonyl (C=O) groups is 1. The Bertz CT molecular complexity index is 1340. The molecule has 1 aliphatic heterocycles. The van der Waals surface area contributed by atoms with Crippen molar-refractivity contribution in [2.45, 2.75) is 19.8 Å². The molecule has 168 valence electrons. The highest BCUT2D eigenvalue weighted by atomic mass is 32.2. The molecule has 1 heterocycles. The molecule has 6 heteroatoms. The Kier molecular flexibility index (Phi) is 6.20. The van der Waals surface area contributed by atoms with Gasteiger partial charge in [-0.25, -0.2) is 8.42 Å². The van der Waals surface area contributed by atoms with Gasteiger partial charge in [0.05, 0.1) is 12.2 Å². The van der Waals surface area contributed by atoms with Crippen LogP contribution in [0.2, 0.25) is 0 Å². The van der Waals surface area contributed by atoms with Crippen LogP contribution in [0.1, 0.15) is 36.5 Å². The summed E-state index contributed by atoms with van der Waals surface area (Å²) < 4.78 is 29.0. The molecule has 3 aromatic rings. The van der Waals surface area contributed by atoms with Gasteiger partial charge in [-0.15, -0.1) is 6.58 Å². The van der Waals surface area contributed by atoms with Gasteiger partial charge >= 0.3 is 0 Å². The molecule has 0 aliphatic carbocycles. The maximum absolute atomic E-state index is 13.9. The van der Waals surface area contributed by atoms with Crippen molar-refractivity contribution in [3.8, 4) is 0 Å². The number of amides is 1. The molecule has 4 rings (SSSR count). The lowest BCUT2D eigenvalue weighted by Crippen LogP contribution is -2.39. The second-order valence-electron chi connectivity index (χ2n) is 8.11. The number of hydrogen-bond donors (Lipinski definition) is 1. The highest BCUT2D eigenvalue weighted by molar-refractivity contribution is 7.97. The minimum atomic E-state index is -4.16. The van der Waals surface area contributed by atoms with Crippen molar-refractivity contribution in [2.75, 3.05) is 16.2 Å². The molecular formula is C27H26N2O3S. The average molecular weight is 459 g/mol. The zero-order valence-corrected chi connectivity index (χ0v) is 19.5. The molecular weight excluding hydrogens is 432 g/mol. The lowest BCUT2D eigenvalue weighted by Gasteiger charge is -2.33. The lowest BCUT2D eigenvalue weighted by atomic mass is 9.95. The van der Waals surface area contributed by atoms with E-state index in [9.17, 15) is 13.2 Å². The molecule has 0 atom stereocenters. The van der Waals surface area contributed by atoms with Crippen molar-refractivity contribution >= 4 is 32.9 Å². The Labute approximate surface area is 195 Å². The van der Waals surface area contributed by atoms with Crippen molar-refractivity contribution in [1.82, 2.24) is 0 Å². The fourth-order valence-electron chi connectivity index (χ4n) is 4.12. The van der Waals surface area contributed by atoms with Crippen molar-refractivity contribution < 1.29 is 13.2 Å². The van der Waals surface area contributed by atoms with E-state index in [1.165, 1.54) is 10.4 Å². The first kappa shape index (κ1) is 22.6. The minimum Gasteiger partial charge on any atom is -0.321 e. The number of para-hydroxylation sites is 2. The monoisotopic (exact) mass is 458 g/mol. The van der Waals surface area contributed by atoms with Gasteiger partial charge in [0.2, 0.25) is 0 Å². The highest BCUT2D eigenvalue weighted by Gasteiger charge is 2.41. The Morgan fingerprint density at radius 3 is 2.30 bits per heavy atom. The van der Waals surface area contributed by atoms with E-state index in [2.05, 4.69) is 11.9 Å². The maximum Gasteiger partial charge on any atom is 0.270 e. The molecule has 0 bridgehead atoms. The van der Waals surface area contributed by atoms with Crippen LogP contribution < -0.4 is 9.62 Å². The van der Waals surface area contributed by atoms with Crippen LogP contribution in [0, 0.1) is 0 Å². The topological polar surface area (TPSA) is 66.5 Å². The molecule has 0 spiro atoms. The van der Waals surface area contributed by atoms with Gasteiger partial charge in [-0.3, -0.25) is 9.10 Å². The summed E-state index contributed by atoms with van der Waals surface area (Å²) in [6.07, 6.45) is 1.52. The summed E-state index contributed by atoms with van der Waals surface area (Å²) in [6.45, 7) is 7.83. The third-order valence-electron chi connectivity index (χ3n) is 5.61. The molecule has 33 heavy (non-hydrogen) atoms. The van der Waals surface area contributed by atoms with E-state index in [-0.39, 0.29) is 17.4 Å². The molecule has 0 aromatic heterocycles. The number of carbonyl (C=O) groups excluding carboxylic acids is 1. The number of rotatable bonds is 6. The van der Waals surface area contributed by atoms with Gasteiger partial charge < -0.3 is 5.32 Å². The van der Waals surface area contributed by atoms with Crippen LogP contribution >= 0.6 is 0 Å². The number of hydrogen-bond acceptors (Lipinski definition) is 3. The standard InChI is InChI=1S/C27H26N2O3S/c1-4-18-29-24-17-11-9-15-22(24)25(20-12-6-5-7-13-20)26(33(29,31)32)27(30)28-23-16-10-8-14-21(23)19(2)3/h4-17,19H,1,18H2,2-3H3,(H,28,30). The zero-order chi connectivity index (χ0) is 23.6. The predicted molar refractivity (Wildman–Crippen MR) is 135 cm³/mol. The first-order valence-corrected chi connectivity index (χ1v) is 12.2. The molecule has 1 N–H and O–H groups in total. The molecule has 0 saturated heterocycles. The molecule has 0 radical (unpaired) electrons. The van der Waals surface area contributed by atoms with Crippen LogP contribution in [0.3, 0.4) is 0 Å². The van der Waals surface area contributed by atoms with Crippen molar-refractivity contribution in [3.05, 3.63) is 113 Å². The van der Waals surface area contributed by atoms with Crippen molar-refractivity contribution in [2.24, 2.45) is 0 Å². The Hall–Kier alpha value is -3.64. The van der Waals surface area contributed by atoms with Crippen LogP contribution in [0.25, 0.3) is 5.57 Å². The van der Waals surface area contributed by atoms with Crippen molar-refractivity contribution in [1.29, 1.82) is 0 Å². The van der Waals surface area contributed by atoms with E-state index in [1.807, 2.05) is 74.5 Å². The van der Waals surface area contributed by atoms with Crippen LogP contribution in [0.5, 0.6) is 0 Å². The summed E-state index contributed by atoms with van der Waals surface area (Å²) in [5, 5.41) is 2.88. The van der Waals surface area contributed by atoms with Gasteiger partial charge in [0, 0.05) is 16.8 Å². The smallest absolute Gasteiger partial charge is 0.270 e. The number of fused-ring (bicyclic) bond motifs is 1. The van der Waals surface area contributed by atoms with E-state index in [0.29, 0.717) is 28.1 Å². The zero-order valence-electron chi connectivity index (χ0n) is 18.7. The van der Waals surface area contributed by atoms with Gasteiger partial charge in [0.1, 0.15) is 0 Å². The first-order chi connectivity index (χ1) is 15.9. The SMILES string of the molecule is C=CCN1c2ccccc2C(c2ccccc2)=C(C(=O)Nc2ccccc2C(C)C)S1(=O)=O. The average Bonchev–Trinajstić information content (AvgIpc) is 2.81. The Balaban J connectivity index is 1.98. The molecule has 1 amide bonds.